The first-order valence-corrected chi connectivity index (χ1v) is 12.6. The highest BCUT2D eigenvalue weighted by atomic mass is 32.2. The number of carbonyl (C=O) groups excluding carboxylic acids is 1. The average Bonchev–Trinajstić information content (AvgIpc) is 3.39. The number of nitrogens with zero attached hydrogens (tertiary/aromatic N) is 2. The summed E-state index contributed by atoms with van der Waals surface area (Å²) < 4.78 is 33.0. The van der Waals surface area contributed by atoms with Crippen molar-refractivity contribution in [3.63, 3.8) is 0 Å². The summed E-state index contributed by atoms with van der Waals surface area (Å²) in [5.41, 5.74) is 1.75. The Hall–Kier alpha value is -1.94. The van der Waals surface area contributed by atoms with Gasteiger partial charge >= 0.3 is 6.03 Å². The zero-order chi connectivity index (χ0) is 21.3. The lowest BCUT2D eigenvalue weighted by Crippen LogP contribution is -2.48. The maximum absolute atomic E-state index is 13.0. The summed E-state index contributed by atoms with van der Waals surface area (Å²) in [4.78, 5) is 14.9. The van der Waals surface area contributed by atoms with Gasteiger partial charge in [-0.05, 0) is 73.3 Å². The monoisotopic (exact) mass is 449 g/mol. The Kier molecular flexibility index (Phi) is 6.15. The van der Waals surface area contributed by atoms with Crippen molar-refractivity contribution in [3.05, 3.63) is 46.7 Å². The van der Waals surface area contributed by atoms with Crippen LogP contribution in [0.4, 0.5) is 10.5 Å². The fourth-order valence-electron chi connectivity index (χ4n) is 4.20. The number of benzene rings is 1. The number of likely N-dealkylation sites (tertiary alicyclic amines) is 1. The number of thiophene rings is 1. The van der Waals surface area contributed by atoms with E-state index < -0.39 is 10.0 Å². The van der Waals surface area contributed by atoms with Crippen LogP contribution in [0.5, 0.6) is 0 Å². The Balaban J connectivity index is 1.44. The van der Waals surface area contributed by atoms with Gasteiger partial charge in [0.05, 0.1) is 23.1 Å². The third-order valence-corrected chi connectivity index (χ3v) is 8.12. The quantitative estimate of drug-likeness (QED) is 0.767. The molecular weight excluding hydrogens is 422 g/mol. The van der Waals surface area contributed by atoms with Crippen molar-refractivity contribution in [1.29, 1.82) is 0 Å². The number of hydrogen-bond donors (Lipinski definition) is 1. The van der Waals surface area contributed by atoms with Gasteiger partial charge in [0.1, 0.15) is 0 Å². The van der Waals surface area contributed by atoms with Crippen molar-refractivity contribution < 1.29 is 17.9 Å². The van der Waals surface area contributed by atoms with Gasteiger partial charge in [0.15, 0.2) is 0 Å². The molecule has 0 unspecified atom stereocenters. The molecule has 1 aromatic carbocycles. The Morgan fingerprint density at radius 3 is 2.47 bits per heavy atom. The second-order valence-electron chi connectivity index (χ2n) is 7.94. The van der Waals surface area contributed by atoms with Gasteiger partial charge in [-0.1, -0.05) is 0 Å². The van der Waals surface area contributed by atoms with Crippen LogP contribution in [-0.2, 0) is 14.8 Å². The molecule has 30 heavy (non-hydrogen) atoms. The molecule has 7 nitrogen and oxygen atoms in total. The van der Waals surface area contributed by atoms with Gasteiger partial charge in [0, 0.05) is 25.3 Å². The molecule has 2 fully saturated rings. The molecule has 3 heterocycles. The molecule has 4 rings (SSSR count). The molecule has 2 saturated heterocycles. The molecule has 0 aliphatic carbocycles. The predicted octanol–water partition coefficient (Wildman–Crippen LogP) is 3.92. The lowest BCUT2D eigenvalue weighted by atomic mass is 10.1. The molecule has 2 aromatic rings. The topological polar surface area (TPSA) is 79.0 Å². The number of nitrogens with one attached hydrogen (secondary N) is 1. The summed E-state index contributed by atoms with van der Waals surface area (Å²) >= 11 is 1.63. The van der Waals surface area contributed by atoms with E-state index >= 15 is 0 Å². The van der Waals surface area contributed by atoms with Crippen LogP contribution >= 0.6 is 11.3 Å². The van der Waals surface area contributed by atoms with E-state index in [9.17, 15) is 13.2 Å². The summed E-state index contributed by atoms with van der Waals surface area (Å²) in [5.74, 6) is 0. The SMILES string of the molecule is C[C@@H]1CN(S(=O)(=O)c2ccc(NC(=O)N3CCC[C@H]3c3ccsc3)cc2)C[C@@H](C)O1. The third kappa shape index (κ3) is 4.39. The molecule has 0 radical (unpaired) electrons. The summed E-state index contributed by atoms with van der Waals surface area (Å²) in [6, 6.07) is 8.40. The lowest BCUT2D eigenvalue weighted by Gasteiger charge is -2.34. The van der Waals surface area contributed by atoms with Crippen molar-refractivity contribution in [1.82, 2.24) is 9.21 Å². The number of rotatable bonds is 4. The van der Waals surface area contributed by atoms with E-state index in [4.69, 9.17) is 4.74 Å². The summed E-state index contributed by atoms with van der Waals surface area (Å²) in [6.45, 7) is 5.14. The molecule has 2 aliphatic heterocycles. The molecular formula is C21H27N3O4S2. The van der Waals surface area contributed by atoms with Crippen molar-refractivity contribution in [3.8, 4) is 0 Å². The zero-order valence-corrected chi connectivity index (χ0v) is 18.8. The summed E-state index contributed by atoms with van der Waals surface area (Å²) in [5, 5.41) is 7.02. The van der Waals surface area contributed by atoms with Crippen LogP contribution in [-0.4, -0.2) is 55.5 Å². The molecule has 162 valence electrons. The number of morpholine rings is 1. The minimum atomic E-state index is -3.60. The number of carbonyl (C=O) groups is 1. The fourth-order valence-corrected chi connectivity index (χ4v) is 6.50. The fraction of sp³-hybridized carbons (Fsp3) is 0.476. The van der Waals surface area contributed by atoms with E-state index in [0.29, 0.717) is 25.3 Å². The van der Waals surface area contributed by atoms with Gasteiger partial charge in [0.25, 0.3) is 0 Å². The van der Waals surface area contributed by atoms with Crippen molar-refractivity contribution >= 4 is 33.1 Å². The molecule has 1 aromatic heterocycles. The predicted molar refractivity (Wildman–Crippen MR) is 117 cm³/mol. The van der Waals surface area contributed by atoms with Crippen LogP contribution in [0, 0.1) is 0 Å². The molecule has 0 spiro atoms. The first-order chi connectivity index (χ1) is 14.3. The number of hydrogen-bond acceptors (Lipinski definition) is 5. The normalized spacial score (nSPS) is 25.4. The summed E-state index contributed by atoms with van der Waals surface area (Å²) in [7, 11) is -3.60. The van der Waals surface area contributed by atoms with Gasteiger partial charge in [0.2, 0.25) is 10.0 Å². The number of urea groups is 1. The van der Waals surface area contributed by atoms with Gasteiger partial charge < -0.3 is 15.0 Å². The van der Waals surface area contributed by atoms with Crippen LogP contribution in [0.1, 0.15) is 38.3 Å². The van der Waals surface area contributed by atoms with Crippen LogP contribution < -0.4 is 5.32 Å². The van der Waals surface area contributed by atoms with Crippen LogP contribution in [0.15, 0.2) is 46.0 Å². The largest absolute Gasteiger partial charge is 0.373 e. The molecule has 0 saturated carbocycles. The molecule has 1 N–H and O–H groups in total. The minimum absolute atomic E-state index is 0.0983. The maximum atomic E-state index is 13.0. The molecule has 9 heteroatoms. The number of sulfonamides is 1. The maximum Gasteiger partial charge on any atom is 0.322 e. The zero-order valence-electron chi connectivity index (χ0n) is 17.2. The van der Waals surface area contributed by atoms with E-state index in [0.717, 1.165) is 12.8 Å². The average molecular weight is 450 g/mol. The van der Waals surface area contributed by atoms with Gasteiger partial charge in [-0.2, -0.15) is 15.6 Å². The second-order valence-corrected chi connectivity index (χ2v) is 10.7. The number of anilines is 1. The Labute approximate surface area is 181 Å². The van der Waals surface area contributed by atoms with Crippen molar-refractivity contribution in [2.45, 2.75) is 49.8 Å². The smallest absolute Gasteiger partial charge is 0.322 e. The third-order valence-electron chi connectivity index (χ3n) is 5.57. The number of ether oxygens (including phenoxy) is 1. The second kappa shape index (κ2) is 8.66. The molecule has 0 bridgehead atoms. The van der Waals surface area contributed by atoms with E-state index in [1.807, 2.05) is 24.1 Å². The minimum Gasteiger partial charge on any atom is -0.373 e. The lowest BCUT2D eigenvalue weighted by molar-refractivity contribution is -0.0440. The highest BCUT2D eigenvalue weighted by molar-refractivity contribution is 7.89. The van der Waals surface area contributed by atoms with Gasteiger partial charge in [-0.3, -0.25) is 0 Å². The highest BCUT2D eigenvalue weighted by Gasteiger charge is 2.33. The van der Waals surface area contributed by atoms with E-state index in [2.05, 4.69) is 16.8 Å². The Bertz CT molecular complexity index is 966. The first kappa shape index (κ1) is 21.3. The van der Waals surface area contributed by atoms with Gasteiger partial charge in [-0.15, -0.1) is 0 Å². The first-order valence-electron chi connectivity index (χ1n) is 10.2. The highest BCUT2D eigenvalue weighted by Crippen LogP contribution is 2.33. The van der Waals surface area contributed by atoms with E-state index in [-0.39, 0.29) is 29.2 Å². The van der Waals surface area contributed by atoms with Crippen molar-refractivity contribution in [2.75, 3.05) is 25.0 Å². The Morgan fingerprint density at radius 1 is 1.13 bits per heavy atom. The summed E-state index contributed by atoms with van der Waals surface area (Å²) in [6.07, 6.45) is 1.65. The Morgan fingerprint density at radius 2 is 1.83 bits per heavy atom. The molecule has 3 atom stereocenters. The van der Waals surface area contributed by atoms with Gasteiger partial charge in [-0.25, -0.2) is 13.2 Å². The van der Waals surface area contributed by atoms with Crippen LogP contribution in [0.2, 0.25) is 0 Å². The molecule has 2 aliphatic rings. The van der Waals surface area contributed by atoms with Crippen molar-refractivity contribution in [2.24, 2.45) is 0 Å². The van der Waals surface area contributed by atoms with Crippen LogP contribution in [0.25, 0.3) is 0 Å². The standard InChI is InChI=1S/C21H27N3O4S2/c1-15-12-23(13-16(2)28-15)30(26,27)19-7-5-18(6-8-19)22-21(25)24-10-3-4-20(24)17-9-11-29-14-17/h5-9,11,14-16,20H,3-4,10,12-13H2,1-2H3,(H,22,25)/t15-,16-,20+/m1/s1. The number of amides is 2. The molecule has 2 amide bonds. The van der Waals surface area contributed by atoms with Crippen LogP contribution in [0.3, 0.4) is 0 Å². The van der Waals surface area contributed by atoms with E-state index in [1.165, 1.54) is 9.87 Å². The van der Waals surface area contributed by atoms with E-state index in [1.54, 1.807) is 35.6 Å².